The lowest BCUT2D eigenvalue weighted by molar-refractivity contribution is 0.0984. The molecule has 0 aliphatic carbocycles. The zero-order chi connectivity index (χ0) is 23.1. The number of hydrogen-bond donors (Lipinski definition) is 0. The van der Waals surface area contributed by atoms with Gasteiger partial charge in [0.05, 0.1) is 9.79 Å². The third kappa shape index (κ3) is 4.33. The number of sulfone groups is 1. The van der Waals surface area contributed by atoms with Crippen molar-refractivity contribution in [1.29, 1.82) is 0 Å². The molecule has 1 saturated heterocycles. The van der Waals surface area contributed by atoms with E-state index in [9.17, 15) is 21.6 Å². The molecule has 9 heteroatoms. The molecule has 2 aromatic carbocycles. The number of rotatable bonds is 4. The van der Waals surface area contributed by atoms with E-state index in [0.717, 1.165) is 31.1 Å². The Hall–Kier alpha value is -2.23. The minimum atomic E-state index is -3.65. The fourth-order valence-electron chi connectivity index (χ4n) is 4.41. The number of piperidine rings is 1. The number of aryl methyl sites for hydroxylation is 2. The largest absolute Gasteiger partial charge is 0.308 e. The molecule has 0 bridgehead atoms. The predicted octanol–water partition coefficient (Wildman–Crippen LogP) is 3.17. The Morgan fingerprint density at radius 2 is 1.53 bits per heavy atom. The van der Waals surface area contributed by atoms with Crippen molar-refractivity contribution < 1.29 is 21.6 Å². The average molecular weight is 477 g/mol. The average Bonchev–Trinajstić information content (AvgIpc) is 2.78. The zero-order valence-corrected chi connectivity index (χ0v) is 20.0. The minimum Gasteiger partial charge on any atom is -0.308 e. The van der Waals surface area contributed by atoms with Gasteiger partial charge in [-0.3, -0.25) is 4.79 Å². The number of hydrogen-bond acceptors (Lipinski definition) is 5. The molecule has 0 aromatic heterocycles. The van der Waals surface area contributed by atoms with Gasteiger partial charge in [-0.15, -0.1) is 0 Å². The monoisotopic (exact) mass is 476 g/mol. The number of fused-ring (bicyclic) bond motifs is 1. The van der Waals surface area contributed by atoms with Gasteiger partial charge in [-0.25, -0.2) is 16.8 Å². The van der Waals surface area contributed by atoms with Crippen molar-refractivity contribution in [1.82, 2.24) is 4.31 Å². The first kappa shape index (κ1) is 22.9. The lowest BCUT2D eigenvalue weighted by Gasteiger charge is -2.30. The summed E-state index contributed by atoms with van der Waals surface area (Å²) in [5.41, 5.74) is 2.54. The molecule has 2 aliphatic rings. The molecule has 2 aliphatic heterocycles. The summed E-state index contributed by atoms with van der Waals surface area (Å²) >= 11 is 0. The van der Waals surface area contributed by atoms with E-state index in [2.05, 4.69) is 0 Å². The van der Waals surface area contributed by atoms with Crippen LogP contribution in [0, 0.1) is 6.92 Å². The first-order valence-electron chi connectivity index (χ1n) is 10.8. The minimum absolute atomic E-state index is 0.137. The molecular weight excluding hydrogens is 448 g/mol. The highest BCUT2D eigenvalue weighted by molar-refractivity contribution is 7.90. The Labute approximate surface area is 190 Å². The number of sulfonamides is 1. The molecule has 2 heterocycles. The maximum absolute atomic E-state index is 13.5. The highest BCUT2D eigenvalue weighted by Crippen LogP contribution is 2.32. The molecule has 0 N–H and O–H groups in total. The molecule has 0 atom stereocenters. The van der Waals surface area contributed by atoms with Crippen LogP contribution >= 0.6 is 0 Å². The highest BCUT2D eigenvalue weighted by Gasteiger charge is 2.29. The van der Waals surface area contributed by atoms with E-state index in [4.69, 9.17) is 0 Å². The number of benzene rings is 2. The Bertz CT molecular complexity index is 1260. The lowest BCUT2D eigenvalue weighted by Crippen LogP contribution is -2.37. The summed E-state index contributed by atoms with van der Waals surface area (Å²) in [5, 5.41) is 0. The van der Waals surface area contributed by atoms with Gasteiger partial charge < -0.3 is 4.90 Å². The molecule has 172 valence electrons. The summed E-state index contributed by atoms with van der Waals surface area (Å²) in [6.45, 7) is 3.29. The molecule has 0 spiro atoms. The molecule has 1 amide bonds. The Morgan fingerprint density at radius 1 is 0.844 bits per heavy atom. The third-order valence-electron chi connectivity index (χ3n) is 6.24. The standard InChI is InChI=1S/C23H28N2O5S2/c1-17-8-9-20(32(29,30)24-12-4-3-5-13-24)16-21(17)23(26)25-14-6-7-18-15-19(31(2,27)28)10-11-22(18)25/h8-11,15-16H,3-7,12-14H2,1-2H3. The topological polar surface area (TPSA) is 91.8 Å². The van der Waals surface area contributed by atoms with Gasteiger partial charge in [0.2, 0.25) is 10.0 Å². The van der Waals surface area contributed by atoms with Gasteiger partial charge in [-0.2, -0.15) is 4.31 Å². The normalized spacial score (nSPS) is 17.8. The van der Waals surface area contributed by atoms with Gasteiger partial charge in [-0.1, -0.05) is 12.5 Å². The molecule has 0 unspecified atom stereocenters. The first-order chi connectivity index (χ1) is 15.1. The number of carbonyl (C=O) groups is 1. The second kappa shape index (κ2) is 8.61. The molecule has 1 fully saturated rings. The van der Waals surface area contributed by atoms with E-state index < -0.39 is 19.9 Å². The van der Waals surface area contributed by atoms with E-state index in [1.165, 1.54) is 16.4 Å². The maximum atomic E-state index is 13.5. The molecule has 0 saturated carbocycles. The summed E-state index contributed by atoms with van der Waals surface area (Å²) < 4.78 is 51.6. The molecule has 0 radical (unpaired) electrons. The van der Waals surface area contributed by atoms with Crippen LogP contribution in [0.5, 0.6) is 0 Å². The number of nitrogens with zero attached hydrogens (tertiary/aromatic N) is 2. The fraction of sp³-hybridized carbons (Fsp3) is 0.435. The predicted molar refractivity (Wildman–Crippen MR) is 123 cm³/mol. The Morgan fingerprint density at radius 3 is 2.22 bits per heavy atom. The molecular formula is C23H28N2O5S2. The van der Waals surface area contributed by atoms with Gasteiger partial charge in [0.1, 0.15) is 0 Å². The summed E-state index contributed by atoms with van der Waals surface area (Å²) in [7, 11) is -6.99. The summed E-state index contributed by atoms with van der Waals surface area (Å²) in [6.07, 6.45) is 5.27. The smallest absolute Gasteiger partial charge is 0.258 e. The van der Waals surface area contributed by atoms with E-state index in [0.29, 0.717) is 49.3 Å². The Balaban J connectivity index is 1.70. The van der Waals surface area contributed by atoms with Gasteiger partial charge in [0.25, 0.3) is 5.91 Å². The van der Waals surface area contributed by atoms with Crippen LogP contribution in [0.1, 0.15) is 47.2 Å². The maximum Gasteiger partial charge on any atom is 0.258 e. The van der Waals surface area contributed by atoms with Crippen molar-refractivity contribution in [3.63, 3.8) is 0 Å². The van der Waals surface area contributed by atoms with Crippen molar-refractivity contribution in [2.75, 3.05) is 30.8 Å². The van der Waals surface area contributed by atoms with Crippen LogP contribution in [0.25, 0.3) is 0 Å². The fourth-order valence-corrected chi connectivity index (χ4v) is 6.62. The van der Waals surface area contributed by atoms with Crippen LogP contribution < -0.4 is 4.90 Å². The van der Waals surface area contributed by atoms with Crippen molar-refractivity contribution >= 4 is 31.5 Å². The third-order valence-corrected chi connectivity index (χ3v) is 9.24. The lowest BCUT2D eigenvalue weighted by atomic mass is 9.99. The van der Waals surface area contributed by atoms with Crippen LogP contribution in [0.2, 0.25) is 0 Å². The van der Waals surface area contributed by atoms with Crippen LogP contribution in [0.3, 0.4) is 0 Å². The van der Waals surface area contributed by atoms with E-state index in [-0.39, 0.29) is 15.7 Å². The number of carbonyl (C=O) groups excluding carboxylic acids is 1. The van der Waals surface area contributed by atoms with E-state index in [1.807, 2.05) is 0 Å². The summed E-state index contributed by atoms with van der Waals surface area (Å²) in [4.78, 5) is 15.5. The van der Waals surface area contributed by atoms with Crippen molar-refractivity contribution in [2.24, 2.45) is 0 Å². The van der Waals surface area contributed by atoms with Crippen molar-refractivity contribution in [3.05, 3.63) is 53.1 Å². The van der Waals surface area contributed by atoms with Crippen molar-refractivity contribution in [2.45, 2.75) is 48.8 Å². The first-order valence-corrected chi connectivity index (χ1v) is 14.2. The van der Waals surface area contributed by atoms with Crippen molar-refractivity contribution in [3.8, 4) is 0 Å². The molecule has 7 nitrogen and oxygen atoms in total. The molecule has 2 aromatic rings. The molecule has 32 heavy (non-hydrogen) atoms. The number of anilines is 1. The highest BCUT2D eigenvalue weighted by atomic mass is 32.2. The quantitative estimate of drug-likeness (QED) is 0.676. The Kier molecular flexibility index (Phi) is 6.17. The second-order valence-corrected chi connectivity index (χ2v) is 12.5. The second-order valence-electron chi connectivity index (χ2n) is 8.56. The van der Waals surface area contributed by atoms with Crippen LogP contribution in [0.4, 0.5) is 5.69 Å². The SMILES string of the molecule is Cc1ccc(S(=O)(=O)N2CCCCC2)cc1C(=O)N1CCCc2cc(S(C)(=O)=O)ccc21. The number of amides is 1. The van der Waals surface area contributed by atoms with Crippen LogP contribution in [-0.2, 0) is 26.3 Å². The van der Waals surface area contributed by atoms with E-state index >= 15 is 0 Å². The summed E-state index contributed by atoms with van der Waals surface area (Å²) in [5.74, 6) is -0.272. The van der Waals surface area contributed by atoms with Crippen LogP contribution in [0.15, 0.2) is 46.2 Å². The van der Waals surface area contributed by atoms with Gasteiger partial charge in [0.15, 0.2) is 9.84 Å². The van der Waals surface area contributed by atoms with Gasteiger partial charge in [-0.05, 0) is 74.1 Å². The van der Waals surface area contributed by atoms with Gasteiger partial charge in [0, 0.05) is 37.1 Å². The van der Waals surface area contributed by atoms with E-state index in [1.54, 1.807) is 36.1 Å². The summed E-state index contributed by atoms with van der Waals surface area (Å²) in [6, 6.07) is 9.56. The zero-order valence-electron chi connectivity index (χ0n) is 18.4. The molecule has 4 rings (SSSR count). The van der Waals surface area contributed by atoms with Gasteiger partial charge >= 0.3 is 0 Å². The van der Waals surface area contributed by atoms with Crippen LogP contribution in [-0.4, -0.2) is 52.9 Å².